The van der Waals surface area contributed by atoms with E-state index in [1.165, 1.54) is 34.1 Å². The van der Waals surface area contributed by atoms with Crippen molar-refractivity contribution in [3.8, 4) is 17.4 Å². The minimum atomic E-state index is -0.531. The SMILES string of the molecule is C[C@@H]1CCc2c(sc(NC(=O)[C@H](C)Sc3ccc(NC(=O)/C(=C\c4ccc(-c5ccccc5)o4)NC(=O)c4ccccc4)cc3)c2C#N)C1. The molecule has 2 atom stereocenters. The van der Waals surface area contributed by atoms with Crippen LogP contribution in [-0.2, 0) is 22.4 Å². The lowest BCUT2D eigenvalue weighted by atomic mass is 9.89. The maximum absolute atomic E-state index is 13.5. The molecule has 8 nitrogen and oxygen atoms in total. The van der Waals surface area contributed by atoms with Crippen molar-refractivity contribution in [3.05, 3.63) is 130 Å². The van der Waals surface area contributed by atoms with Crippen molar-refractivity contribution in [2.45, 2.75) is 43.3 Å². The third-order valence-corrected chi connectivity index (χ3v) is 10.4. The molecule has 1 aliphatic rings. The number of hydrogen-bond donors (Lipinski definition) is 3. The molecule has 2 heterocycles. The number of thioether (sulfide) groups is 1. The molecule has 246 valence electrons. The van der Waals surface area contributed by atoms with Crippen molar-refractivity contribution >= 4 is 57.6 Å². The van der Waals surface area contributed by atoms with Crippen LogP contribution in [0.5, 0.6) is 0 Å². The van der Waals surface area contributed by atoms with Crippen LogP contribution in [0.3, 0.4) is 0 Å². The third kappa shape index (κ3) is 8.20. The first-order valence-corrected chi connectivity index (χ1v) is 17.6. The molecule has 0 bridgehead atoms. The van der Waals surface area contributed by atoms with Gasteiger partial charge < -0.3 is 20.4 Å². The van der Waals surface area contributed by atoms with E-state index in [-0.39, 0.29) is 11.6 Å². The molecule has 0 saturated heterocycles. The summed E-state index contributed by atoms with van der Waals surface area (Å²) >= 11 is 2.89. The average molecular weight is 687 g/mol. The number of anilines is 2. The Labute approximate surface area is 293 Å². The fourth-order valence-electron chi connectivity index (χ4n) is 5.52. The predicted octanol–water partition coefficient (Wildman–Crippen LogP) is 8.53. The van der Waals surface area contributed by atoms with E-state index >= 15 is 0 Å². The average Bonchev–Trinajstić information content (AvgIpc) is 3.73. The number of nitrogens with one attached hydrogen (secondary N) is 3. The van der Waals surface area contributed by atoms with Gasteiger partial charge in [0.15, 0.2) is 0 Å². The molecule has 0 aliphatic heterocycles. The summed E-state index contributed by atoms with van der Waals surface area (Å²) in [5.41, 5.74) is 3.48. The van der Waals surface area contributed by atoms with E-state index in [0.717, 1.165) is 35.3 Å². The van der Waals surface area contributed by atoms with Crippen LogP contribution in [-0.4, -0.2) is 23.0 Å². The van der Waals surface area contributed by atoms with Crippen molar-refractivity contribution in [1.29, 1.82) is 5.26 Å². The summed E-state index contributed by atoms with van der Waals surface area (Å²) in [4.78, 5) is 41.7. The molecule has 0 fully saturated rings. The van der Waals surface area contributed by atoms with Gasteiger partial charge in [-0.2, -0.15) is 5.26 Å². The van der Waals surface area contributed by atoms with Crippen molar-refractivity contribution < 1.29 is 18.8 Å². The van der Waals surface area contributed by atoms with Crippen LogP contribution >= 0.6 is 23.1 Å². The van der Waals surface area contributed by atoms with Crippen molar-refractivity contribution in [1.82, 2.24) is 5.32 Å². The summed E-state index contributed by atoms with van der Waals surface area (Å²) in [6.45, 7) is 4.03. The van der Waals surface area contributed by atoms with E-state index in [1.807, 2.05) is 61.5 Å². The highest BCUT2D eigenvalue weighted by Gasteiger charge is 2.26. The summed E-state index contributed by atoms with van der Waals surface area (Å²) in [5, 5.41) is 18.6. The molecule has 0 radical (unpaired) electrons. The molecule has 3 N–H and O–H groups in total. The summed E-state index contributed by atoms with van der Waals surface area (Å²) in [7, 11) is 0. The Bertz CT molecular complexity index is 2040. The molecule has 5 aromatic rings. The number of furan rings is 1. The van der Waals surface area contributed by atoms with Gasteiger partial charge in [-0.3, -0.25) is 14.4 Å². The molecule has 3 amide bonds. The monoisotopic (exact) mass is 686 g/mol. The van der Waals surface area contributed by atoms with Gasteiger partial charge in [-0.1, -0.05) is 55.5 Å². The molecule has 2 aromatic heterocycles. The summed E-state index contributed by atoms with van der Waals surface area (Å²) in [6.07, 6.45) is 4.35. The molecule has 1 aliphatic carbocycles. The van der Waals surface area contributed by atoms with Crippen molar-refractivity contribution in [3.63, 3.8) is 0 Å². The van der Waals surface area contributed by atoms with E-state index in [2.05, 4.69) is 28.9 Å². The van der Waals surface area contributed by atoms with Gasteiger partial charge in [0.1, 0.15) is 28.3 Å². The minimum Gasteiger partial charge on any atom is -0.457 e. The molecular weight excluding hydrogens is 653 g/mol. The summed E-state index contributed by atoms with van der Waals surface area (Å²) in [5.74, 6) is 0.458. The Kier molecular flexibility index (Phi) is 10.4. The Morgan fingerprint density at radius 1 is 0.959 bits per heavy atom. The van der Waals surface area contributed by atoms with E-state index in [9.17, 15) is 19.6 Å². The van der Waals surface area contributed by atoms with Gasteiger partial charge in [0.25, 0.3) is 11.8 Å². The zero-order valence-electron chi connectivity index (χ0n) is 27.0. The number of amides is 3. The molecular formula is C39H34N4O4S2. The Morgan fingerprint density at radius 2 is 1.67 bits per heavy atom. The highest BCUT2D eigenvalue weighted by molar-refractivity contribution is 8.00. The lowest BCUT2D eigenvalue weighted by Crippen LogP contribution is -2.30. The first-order valence-electron chi connectivity index (χ1n) is 15.9. The van der Waals surface area contributed by atoms with Crippen LogP contribution < -0.4 is 16.0 Å². The Balaban J connectivity index is 1.12. The van der Waals surface area contributed by atoms with Crippen LogP contribution in [0.15, 0.2) is 112 Å². The van der Waals surface area contributed by atoms with E-state index < -0.39 is 17.1 Å². The van der Waals surface area contributed by atoms with Crippen LogP contribution in [0.2, 0.25) is 0 Å². The third-order valence-electron chi connectivity index (χ3n) is 8.15. The Hall–Kier alpha value is -5.37. The second-order valence-corrected chi connectivity index (χ2v) is 14.4. The van der Waals surface area contributed by atoms with E-state index in [0.29, 0.717) is 39.3 Å². The quantitative estimate of drug-likeness (QED) is 0.1000. The van der Waals surface area contributed by atoms with Crippen molar-refractivity contribution in [2.75, 3.05) is 10.6 Å². The van der Waals surface area contributed by atoms with E-state index in [4.69, 9.17) is 4.42 Å². The number of fused-ring (bicyclic) bond motifs is 1. The lowest BCUT2D eigenvalue weighted by molar-refractivity contribution is -0.115. The van der Waals surface area contributed by atoms with Crippen molar-refractivity contribution in [2.24, 2.45) is 5.92 Å². The number of carbonyl (C=O) groups is 3. The standard InChI is InChI=1S/C39H34N4O4S2/c1-24-13-19-31-32(23-40)39(49-35(31)21-24)43-36(44)25(2)48-30-17-14-28(15-18-30)41-38(46)33(42-37(45)27-11-7-4-8-12-27)22-29-16-20-34(47-29)26-9-5-3-6-10-26/h3-12,14-18,20,22,24-25H,13,19,21H2,1-2H3,(H,41,46)(H,42,45)(H,43,44)/b33-22+/t24-,25+/m1/s1. The number of nitrogens with zero attached hydrogens (tertiary/aromatic N) is 1. The second-order valence-electron chi connectivity index (χ2n) is 11.8. The lowest BCUT2D eigenvalue weighted by Gasteiger charge is -2.17. The number of nitriles is 1. The first kappa shape index (κ1) is 33.5. The van der Waals surface area contributed by atoms with Crippen LogP contribution in [0.4, 0.5) is 10.7 Å². The van der Waals surface area contributed by atoms with Crippen LogP contribution in [0.1, 0.15) is 52.4 Å². The van der Waals surface area contributed by atoms with Gasteiger partial charge in [0.2, 0.25) is 5.91 Å². The Morgan fingerprint density at radius 3 is 2.39 bits per heavy atom. The maximum atomic E-state index is 13.5. The van der Waals surface area contributed by atoms with Crippen LogP contribution in [0, 0.1) is 17.2 Å². The van der Waals surface area contributed by atoms with E-state index in [1.54, 1.807) is 42.5 Å². The second kappa shape index (κ2) is 15.2. The number of rotatable bonds is 10. The van der Waals surface area contributed by atoms with Gasteiger partial charge in [0.05, 0.1) is 10.8 Å². The molecule has 0 spiro atoms. The van der Waals surface area contributed by atoms with Gasteiger partial charge in [0, 0.05) is 32.7 Å². The van der Waals surface area contributed by atoms with Gasteiger partial charge in [-0.15, -0.1) is 23.1 Å². The number of carbonyl (C=O) groups excluding carboxylic acids is 3. The number of benzene rings is 3. The largest absolute Gasteiger partial charge is 0.457 e. The molecule has 3 aromatic carbocycles. The van der Waals surface area contributed by atoms with Gasteiger partial charge >= 0.3 is 0 Å². The summed E-state index contributed by atoms with van der Waals surface area (Å²) in [6, 6.07) is 31.2. The first-order chi connectivity index (χ1) is 23.8. The molecule has 49 heavy (non-hydrogen) atoms. The zero-order valence-corrected chi connectivity index (χ0v) is 28.6. The molecule has 10 heteroatoms. The molecule has 0 saturated carbocycles. The minimum absolute atomic E-state index is 0.00742. The number of hydrogen-bond acceptors (Lipinski definition) is 7. The smallest absolute Gasteiger partial charge is 0.272 e. The topological polar surface area (TPSA) is 124 Å². The highest BCUT2D eigenvalue weighted by Crippen LogP contribution is 2.39. The fourth-order valence-corrected chi connectivity index (χ4v) is 7.75. The molecule has 6 rings (SSSR count). The zero-order chi connectivity index (χ0) is 34.3. The van der Waals surface area contributed by atoms with Gasteiger partial charge in [-0.25, -0.2) is 0 Å². The van der Waals surface area contributed by atoms with Crippen LogP contribution in [0.25, 0.3) is 17.4 Å². The van der Waals surface area contributed by atoms with Gasteiger partial charge in [-0.05, 0) is 86.2 Å². The molecule has 0 unspecified atom stereocenters. The number of thiophene rings is 1. The highest BCUT2D eigenvalue weighted by atomic mass is 32.2. The predicted molar refractivity (Wildman–Crippen MR) is 195 cm³/mol. The maximum Gasteiger partial charge on any atom is 0.272 e. The summed E-state index contributed by atoms with van der Waals surface area (Å²) < 4.78 is 5.98. The normalized spacial score (nSPS) is 14.6. The fraction of sp³-hybridized carbons (Fsp3) is 0.179.